The fourth-order valence-electron chi connectivity index (χ4n) is 5.52. The number of allylic oxidation sites excluding steroid dienone is 1. The first-order valence-electron chi connectivity index (χ1n) is 14.1. The smallest absolute Gasteiger partial charge is 0.481 e. The van der Waals surface area contributed by atoms with Crippen molar-refractivity contribution in [3.8, 4) is 0 Å². The summed E-state index contributed by atoms with van der Waals surface area (Å²) >= 11 is 0. The van der Waals surface area contributed by atoms with E-state index in [-0.39, 0.29) is 43.4 Å². The van der Waals surface area contributed by atoms with Gasteiger partial charge in [0.05, 0.1) is 19.1 Å². The number of nitrogens with zero attached hydrogens (tertiary/aromatic N) is 1. The molecular formula is C30H40F3N3O6. The van der Waals surface area contributed by atoms with Crippen LogP contribution in [-0.4, -0.2) is 66.7 Å². The molecule has 9 nitrogen and oxygen atoms in total. The summed E-state index contributed by atoms with van der Waals surface area (Å²) in [4.78, 5) is 38.3. The normalized spacial score (nSPS) is 20.9. The molecule has 1 atom stereocenters. The Labute approximate surface area is 244 Å². The van der Waals surface area contributed by atoms with E-state index in [9.17, 15) is 27.6 Å². The largest absolute Gasteiger partial charge is 0.523 e. The lowest BCUT2D eigenvalue weighted by Crippen LogP contribution is -2.47. The molecule has 1 aromatic carbocycles. The predicted octanol–water partition coefficient (Wildman–Crippen LogP) is 5.38. The van der Waals surface area contributed by atoms with Crippen molar-refractivity contribution in [1.82, 2.24) is 15.5 Å². The maximum atomic E-state index is 13.6. The summed E-state index contributed by atoms with van der Waals surface area (Å²) < 4.78 is 47.1. The van der Waals surface area contributed by atoms with Gasteiger partial charge in [-0.15, -0.1) is 13.2 Å². The van der Waals surface area contributed by atoms with Gasteiger partial charge in [0.2, 0.25) is 0 Å². The Bertz CT molecular complexity index is 1140. The molecule has 12 heteroatoms. The van der Waals surface area contributed by atoms with E-state index in [1.807, 2.05) is 0 Å². The molecule has 3 N–H and O–H groups in total. The lowest BCUT2D eigenvalue weighted by atomic mass is 9.70. The van der Waals surface area contributed by atoms with Crippen LogP contribution in [0.2, 0.25) is 0 Å². The lowest BCUT2D eigenvalue weighted by molar-refractivity contribution is -0.336. The molecule has 1 unspecified atom stereocenters. The van der Waals surface area contributed by atoms with Crippen molar-refractivity contribution in [2.75, 3.05) is 20.3 Å². The quantitative estimate of drug-likeness (QED) is 0.299. The molecule has 0 bridgehead atoms. The van der Waals surface area contributed by atoms with Crippen molar-refractivity contribution in [2.24, 2.45) is 11.3 Å². The molecule has 42 heavy (non-hydrogen) atoms. The second-order valence-electron chi connectivity index (χ2n) is 11.4. The number of halogens is 3. The monoisotopic (exact) mass is 595 g/mol. The van der Waals surface area contributed by atoms with Crippen LogP contribution in [0.15, 0.2) is 48.2 Å². The van der Waals surface area contributed by atoms with E-state index in [4.69, 9.17) is 9.84 Å². The van der Waals surface area contributed by atoms with Crippen molar-refractivity contribution in [3.05, 3.63) is 59.3 Å². The van der Waals surface area contributed by atoms with Gasteiger partial charge >= 0.3 is 18.4 Å². The number of carboxylic acids is 1. The van der Waals surface area contributed by atoms with Gasteiger partial charge in [0.25, 0.3) is 5.91 Å². The Morgan fingerprint density at radius 1 is 1.07 bits per heavy atom. The third kappa shape index (κ3) is 10.2. The summed E-state index contributed by atoms with van der Waals surface area (Å²) in [7, 11) is 1.69. The number of nitrogens with one attached hydrogen (secondary N) is 2. The molecule has 232 valence electrons. The molecular weight excluding hydrogens is 555 g/mol. The predicted molar refractivity (Wildman–Crippen MR) is 149 cm³/mol. The van der Waals surface area contributed by atoms with E-state index >= 15 is 0 Å². The number of alkyl halides is 3. The first-order chi connectivity index (χ1) is 19.8. The zero-order chi connectivity index (χ0) is 30.9. The highest BCUT2D eigenvalue weighted by molar-refractivity contribution is 5.94. The Morgan fingerprint density at radius 3 is 2.29 bits per heavy atom. The molecule has 0 aromatic heterocycles. The maximum Gasteiger partial charge on any atom is 0.523 e. The van der Waals surface area contributed by atoms with Gasteiger partial charge in [-0.25, -0.2) is 4.79 Å². The van der Waals surface area contributed by atoms with E-state index in [1.165, 1.54) is 18.2 Å². The molecule has 0 heterocycles. The fourth-order valence-corrected chi connectivity index (χ4v) is 5.52. The van der Waals surface area contributed by atoms with E-state index in [1.54, 1.807) is 36.3 Å². The van der Waals surface area contributed by atoms with Crippen molar-refractivity contribution < 1.29 is 42.1 Å². The standard InChI is InChI=1S/C30H40F3N3O6/c1-29(2,19-41-3)22-8-12-24(13-9-22)36(28(40)35-23-10-14-25(15-11-23)42-30(31,32)33)18-20-4-6-21(7-5-20)27(39)34-17-16-26(37)38/h4-7,10-11,14,22,24-25H,8-9,12-13,15-19H2,1-3H3,(H,34,39)(H,35,40)(H,37,38). The Balaban J connectivity index is 1.70. The van der Waals surface area contributed by atoms with Gasteiger partial charge < -0.3 is 25.4 Å². The minimum absolute atomic E-state index is 0.000406. The first-order valence-corrected chi connectivity index (χ1v) is 14.1. The maximum absolute atomic E-state index is 13.6. The van der Waals surface area contributed by atoms with Crippen LogP contribution in [0, 0.1) is 11.3 Å². The molecule has 0 saturated heterocycles. The molecule has 3 rings (SSSR count). The van der Waals surface area contributed by atoms with Gasteiger partial charge in [0, 0.05) is 37.5 Å². The number of methoxy groups -OCH3 is 1. The number of carbonyl (C=O) groups excluding carboxylic acids is 2. The number of hydrogen-bond donors (Lipinski definition) is 3. The molecule has 0 radical (unpaired) electrons. The zero-order valence-electron chi connectivity index (χ0n) is 24.2. The molecule has 2 aliphatic carbocycles. The minimum Gasteiger partial charge on any atom is -0.481 e. The summed E-state index contributed by atoms with van der Waals surface area (Å²) in [6, 6.07) is 6.32. The van der Waals surface area contributed by atoms with Gasteiger partial charge in [0.15, 0.2) is 0 Å². The summed E-state index contributed by atoms with van der Waals surface area (Å²) in [6.45, 7) is 5.29. The summed E-state index contributed by atoms with van der Waals surface area (Å²) in [5, 5.41) is 14.2. The number of hydrogen-bond acceptors (Lipinski definition) is 5. The SMILES string of the molecule is COCC(C)(C)C1CCC(N(Cc2ccc(C(=O)NCCC(=O)O)cc2)C(=O)NC2=CCC(OC(F)(F)F)C=C2)CC1. The highest BCUT2D eigenvalue weighted by Crippen LogP contribution is 2.40. The number of benzene rings is 1. The van der Waals surface area contributed by atoms with Crippen LogP contribution in [0.3, 0.4) is 0 Å². The van der Waals surface area contributed by atoms with E-state index in [0.29, 0.717) is 23.8 Å². The number of urea groups is 1. The van der Waals surface area contributed by atoms with Crippen LogP contribution in [0.5, 0.6) is 0 Å². The number of carbonyl (C=O) groups is 3. The fraction of sp³-hybridized carbons (Fsp3) is 0.567. The molecule has 1 fully saturated rings. The second-order valence-corrected chi connectivity index (χ2v) is 11.4. The Morgan fingerprint density at radius 2 is 1.74 bits per heavy atom. The van der Waals surface area contributed by atoms with Crippen LogP contribution in [-0.2, 0) is 20.8 Å². The number of ether oxygens (including phenoxy) is 2. The number of rotatable bonds is 12. The highest BCUT2D eigenvalue weighted by atomic mass is 19.4. The van der Waals surface area contributed by atoms with Gasteiger partial charge in [-0.1, -0.05) is 38.1 Å². The van der Waals surface area contributed by atoms with E-state index in [0.717, 1.165) is 31.2 Å². The van der Waals surface area contributed by atoms with Crippen LogP contribution >= 0.6 is 0 Å². The topological polar surface area (TPSA) is 117 Å². The Hall–Kier alpha value is -3.38. The third-order valence-electron chi connectivity index (χ3n) is 7.81. The number of carboxylic acid groups (broad SMARTS) is 1. The van der Waals surface area contributed by atoms with Crippen molar-refractivity contribution in [2.45, 2.75) is 77.4 Å². The third-order valence-corrected chi connectivity index (χ3v) is 7.81. The van der Waals surface area contributed by atoms with Crippen LogP contribution in [0.1, 0.15) is 68.3 Å². The zero-order valence-corrected chi connectivity index (χ0v) is 24.2. The van der Waals surface area contributed by atoms with Crippen molar-refractivity contribution >= 4 is 17.9 Å². The van der Waals surface area contributed by atoms with Crippen molar-refractivity contribution in [1.29, 1.82) is 0 Å². The van der Waals surface area contributed by atoms with Crippen LogP contribution in [0.25, 0.3) is 0 Å². The molecule has 2 aliphatic rings. The molecule has 0 spiro atoms. The summed E-state index contributed by atoms with van der Waals surface area (Å²) in [5.41, 5.74) is 1.56. The molecule has 1 saturated carbocycles. The van der Waals surface area contributed by atoms with Gasteiger partial charge in [-0.05, 0) is 67.2 Å². The molecule has 3 amide bonds. The average Bonchev–Trinajstić information content (AvgIpc) is 2.92. The number of amides is 3. The van der Waals surface area contributed by atoms with E-state index < -0.39 is 24.3 Å². The summed E-state index contributed by atoms with van der Waals surface area (Å²) in [5.74, 6) is -0.959. The second kappa shape index (κ2) is 14.7. The first kappa shape index (κ1) is 33.1. The lowest BCUT2D eigenvalue weighted by Gasteiger charge is -2.42. The average molecular weight is 596 g/mol. The van der Waals surface area contributed by atoms with Gasteiger partial charge in [0.1, 0.15) is 0 Å². The van der Waals surface area contributed by atoms with Crippen LogP contribution in [0.4, 0.5) is 18.0 Å². The molecule has 1 aromatic rings. The summed E-state index contributed by atoms with van der Waals surface area (Å²) in [6.07, 6.45) is 1.50. The highest BCUT2D eigenvalue weighted by Gasteiger charge is 2.36. The van der Waals surface area contributed by atoms with Gasteiger partial charge in [-0.2, -0.15) is 0 Å². The van der Waals surface area contributed by atoms with Gasteiger partial charge in [-0.3, -0.25) is 14.3 Å². The Kier molecular flexibility index (Phi) is 11.6. The number of aliphatic carboxylic acids is 1. The minimum atomic E-state index is -4.74. The van der Waals surface area contributed by atoms with E-state index in [2.05, 4.69) is 29.2 Å². The molecule has 0 aliphatic heterocycles. The van der Waals surface area contributed by atoms with Crippen LogP contribution < -0.4 is 10.6 Å². The van der Waals surface area contributed by atoms with Crippen molar-refractivity contribution in [3.63, 3.8) is 0 Å².